The average Bonchev–Trinajstić information content (AvgIpc) is 0.914. The number of halogens is 6. The predicted octanol–water partition coefficient (Wildman–Crippen LogP) is 28.3. The highest BCUT2D eigenvalue weighted by Crippen LogP contribution is 2.24. The molecule has 126 heavy (non-hydrogen) atoms. The van der Waals surface area contributed by atoms with Crippen LogP contribution in [-0.2, 0) is 27.4 Å². The maximum Gasteiger partial charge on any atom is 0.169 e. The first-order valence-electron chi connectivity index (χ1n) is 52.1. The number of quaternary nitrogens is 6. The Bertz CT molecular complexity index is 1570. The highest BCUT2D eigenvalue weighted by molar-refractivity contribution is 7.30. The first kappa shape index (κ1) is 152. The Balaban J connectivity index is -0.000000117. The van der Waals surface area contributed by atoms with E-state index in [4.69, 9.17) is 56.8 Å². The van der Waals surface area contributed by atoms with Gasteiger partial charge in [-0.3, -0.25) is 0 Å². The van der Waals surface area contributed by atoms with E-state index >= 15 is 0 Å². The van der Waals surface area contributed by atoms with Crippen LogP contribution in [-0.4, -0.2) is 184 Å². The highest BCUT2D eigenvalue weighted by atomic mass is 31.2. The summed E-state index contributed by atoms with van der Waals surface area (Å²) in [7, 11) is -23.3. The summed E-state index contributed by atoms with van der Waals surface area (Å²) < 4.78 is 119. The van der Waals surface area contributed by atoms with Crippen molar-refractivity contribution in [3.63, 3.8) is 0 Å². The molecule has 0 saturated heterocycles. The molecular weight excluding hydrogens is 1730 g/mol. The number of hydrogen-bond acceptors (Lipinski definition) is 12. The summed E-state index contributed by atoms with van der Waals surface area (Å²) in [5.41, 5.74) is 0. The molecule has 0 spiro atoms. The molecule has 0 aliphatic rings. The molecule has 18 nitrogen and oxygen atoms in total. The Labute approximate surface area is 786 Å². The summed E-state index contributed by atoms with van der Waals surface area (Å²) in [6, 6.07) is 0. The van der Waals surface area contributed by atoms with E-state index in [9.17, 15) is 25.2 Å². The molecule has 780 valence electrons. The highest BCUT2D eigenvalue weighted by Gasteiger charge is 2.30. The summed E-state index contributed by atoms with van der Waals surface area (Å²) in [5, 5.41) is 0. The van der Waals surface area contributed by atoms with E-state index in [0.717, 1.165) is 0 Å². The fraction of sp³-hybridized carbons (Fsp3) is 1.00. The van der Waals surface area contributed by atoms with Gasteiger partial charge in [-0.05, 0) is 154 Å². The first-order chi connectivity index (χ1) is 59.8. The van der Waals surface area contributed by atoms with Gasteiger partial charge in [0.2, 0.25) is 0 Å². The summed E-state index contributed by atoms with van der Waals surface area (Å²) in [4.78, 5) is 50.4. The van der Waals surface area contributed by atoms with E-state index < -0.39 is 50.0 Å². The Morgan fingerprint density at radius 3 is 0.183 bits per heavy atom. The number of unbranched alkanes of at least 4 members (excludes halogenated alkanes) is 24. The number of nitrogens with zero attached hydrogens (tertiary/aromatic N) is 6. The van der Waals surface area contributed by atoms with Crippen LogP contribution in [0.15, 0.2) is 0 Å². The maximum atomic E-state index is 9.99. The van der Waals surface area contributed by atoms with Crippen LogP contribution in [0.5, 0.6) is 0 Å². The van der Waals surface area contributed by atoms with Gasteiger partial charge in [-0.1, -0.05) is 320 Å². The molecule has 30 heteroatoms. The Hall–Kier alpha value is 0.480. The van der Waals surface area contributed by atoms with Crippen molar-refractivity contribution in [1.82, 2.24) is 0 Å². The van der Waals surface area contributed by atoms with Crippen molar-refractivity contribution in [3.05, 3.63) is 0 Å². The van der Waals surface area contributed by atoms with Gasteiger partial charge in [0.25, 0.3) is 0 Å². The van der Waals surface area contributed by atoms with Crippen molar-refractivity contribution in [1.29, 1.82) is 0 Å². The average molecular weight is 1950 g/mol. The Kier molecular flexibility index (Phi) is 147. The molecule has 0 aliphatic carbocycles. The van der Waals surface area contributed by atoms with Gasteiger partial charge in [-0.25, -0.2) is 25.2 Å². The van der Waals surface area contributed by atoms with Crippen LogP contribution in [0, 0.1) is 0 Å². The molecule has 0 fully saturated rings. The van der Waals surface area contributed by atoms with Gasteiger partial charge in [-0.2, -0.15) is 0 Å². The van der Waals surface area contributed by atoms with Gasteiger partial charge < -0.3 is 83.6 Å². The van der Waals surface area contributed by atoms with Crippen molar-refractivity contribution < 1.29 is 109 Å². The van der Waals surface area contributed by atoms with Crippen LogP contribution in [0.4, 0.5) is 25.2 Å². The SMILES string of the molecule is CCCC[N+](CCCC)(CCCC)CCCC.CCCC[N+](CCCC)(CCCC)CCCC.CCCC[N+](CCCC)(CCCC)CCCC.CCCC[N+](CCCC)(CCCC)CCCC.CCCC[N+](CCCC)(CCCC)CCCC.CCCC[N+](CCCC)(CCCC)CCCC.O=[PH]([O-])F.O=[PH]([O-])F.O=[PH]([O-])F.O=[PH]([O-])F.O=[PH]([O-])F.O=[PH]([O-])F. The molecule has 0 heterocycles. The molecule has 0 radical (unpaired) electrons. The van der Waals surface area contributed by atoms with Crippen LogP contribution in [0.1, 0.15) is 474 Å². The minimum atomic E-state index is -3.88. The minimum Gasteiger partial charge on any atom is -0.777 e. The second-order valence-electron chi connectivity index (χ2n) is 35.3. The second-order valence-corrected chi connectivity index (χ2v) is 38.2. The lowest BCUT2D eigenvalue weighted by Crippen LogP contribution is -2.50. The largest absolute Gasteiger partial charge is 0.777 e. The van der Waals surface area contributed by atoms with Crippen molar-refractivity contribution in [2.75, 3.05) is 157 Å². The van der Waals surface area contributed by atoms with Crippen molar-refractivity contribution >= 4 is 50.0 Å². The number of rotatable bonds is 72. The van der Waals surface area contributed by atoms with Crippen LogP contribution >= 0.6 is 50.0 Å². The van der Waals surface area contributed by atoms with Crippen LogP contribution in [0.3, 0.4) is 0 Å². The fourth-order valence-corrected chi connectivity index (χ4v) is 15.9. The van der Waals surface area contributed by atoms with Gasteiger partial charge in [0.15, 0.2) is 50.0 Å². The van der Waals surface area contributed by atoms with Gasteiger partial charge >= 0.3 is 0 Å². The second kappa shape index (κ2) is 122. The van der Waals surface area contributed by atoms with Crippen LogP contribution in [0.25, 0.3) is 0 Å². The molecule has 6 unspecified atom stereocenters. The normalized spacial score (nSPS) is 12.7. The quantitative estimate of drug-likeness (QED) is 0.0314. The monoisotopic (exact) mass is 1950 g/mol. The lowest BCUT2D eigenvalue weighted by molar-refractivity contribution is -0.929. The molecule has 0 aromatic carbocycles. The molecular formula is C96H222F6N6O12P6. The van der Waals surface area contributed by atoms with Gasteiger partial charge in [0, 0.05) is 0 Å². The van der Waals surface area contributed by atoms with Crippen molar-refractivity contribution in [2.45, 2.75) is 474 Å². The van der Waals surface area contributed by atoms with Crippen LogP contribution < -0.4 is 29.4 Å². The predicted molar refractivity (Wildman–Crippen MR) is 537 cm³/mol. The van der Waals surface area contributed by atoms with Crippen LogP contribution in [0.2, 0.25) is 0 Å². The fourth-order valence-electron chi connectivity index (χ4n) is 15.9. The molecule has 6 atom stereocenters. The molecule has 0 aromatic rings. The smallest absolute Gasteiger partial charge is 0.169 e. The van der Waals surface area contributed by atoms with E-state index in [1.165, 1.54) is 492 Å². The molecule has 0 aromatic heterocycles. The third-order valence-electron chi connectivity index (χ3n) is 23.7. The molecule has 0 bridgehead atoms. The molecule has 0 aliphatic heterocycles. The zero-order valence-electron chi connectivity index (χ0n) is 87.8. The lowest BCUT2D eigenvalue weighted by atomic mass is 10.1. The van der Waals surface area contributed by atoms with E-state index in [1.807, 2.05) is 0 Å². The van der Waals surface area contributed by atoms with E-state index in [1.54, 1.807) is 0 Å². The van der Waals surface area contributed by atoms with Gasteiger partial charge in [0.05, 0.1) is 157 Å². The minimum absolute atomic E-state index is 1.35. The van der Waals surface area contributed by atoms with E-state index in [0.29, 0.717) is 0 Å². The van der Waals surface area contributed by atoms with Crippen molar-refractivity contribution in [3.8, 4) is 0 Å². The summed E-state index contributed by atoms with van der Waals surface area (Å²) in [6.07, 6.45) is 66.4. The molecule has 0 rings (SSSR count). The number of hydrogen-bond donors (Lipinski definition) is 0. The zero-order chi connectivity index (χ0) is 99.4. The topological polar surface area (TPSA) is 241 Å². The first-order valence-corrected chi connectivity index (χ1v) is 59.3. The van der Waals surface area contributed by atoms with E-state index in [-0.39, 0.29) is 0 Å². The van der Waals surface area contributed by atoms with E-state index in [2.05, 4.69) is 166 Å². The van der Waals surface area contributed by atoms with Gasteiger partial charge in [-0.15, -0.1) is 0 Å². The molecule has 0 saturated carbocycles. The summed E-state index contributed by atoms with van der Waals surface area (Å²) in [5.74, 6) is 0. The maximum absolute atomic E-state index is 9.99. The lowest BCUT2D eigenvalue weighted by Gasteiger charge is -2.39. The third-order valence-corrected chi connectivity index (χ3v) is 23.7. The summed E-state index contributed by atoms with van der Waals surface area (Å²) in [6.45, 7) is 90.1. The standard InChI is InChI=1S/6C16H36N.6FH2O2P/c6*1-5-9-13-17(14-10-6-2,15-11-7-3)16-12-8-4;6*1-4(2)3/h6*5-16H2,1-4H3;6*4H,(H,2,3)/q6*+1;;;;;;/p-6. The third kappa shape index (κ3) is 131. The van der Waals surface area contributed by atoms with Gasteiger partial charge in [0.1, 0.15) is 0 Å². The summed E-state index contributed by atoms with van der Waals surface area (Å²) >= 11 is 0. The molecule has 0 amide bonds. The Morgan fingerprint density at radius 2 is 0.159 bits per heavy atom. The van der Waals surface area contributed by atoms with Crippen molar-refractivity contribution in [2.24, 2.45) is 0 Å². The molecule has 0 N–H and O–H groups in total. The Morgan fingerprint density at radius 1 is 0.127 bits per heavy atom. The zero-order valence-corrected chi connectivity index (χ0v) is 93.8.